The number of nitrogens with zero attached hydrogens (tertiary/aromatic N) is 3. The average Bonchev–Trinajstić information content (AvgIpc) is 2.49. The molecule has 0 saturated heterocycles. The molecule has 2 aromatic carbocycles. The summed E-state index contributed by atoms with van der Waals surface area (Å²) in [5.41, 5.74) is 3.86. The SMILES string of the molecule is Fc1ccccc1/C=N/Nc1nc(Cl)nc2ccccc12. The minimum atomic E-state index is -0.339. The number of aromatic nitrogens is 2. The Morgan fingerprint density at radius 3 is 2.67 bits per heavy atom. The minimum absolute atomic E-state index is 0.122. The first-order valence-electron chi connectivity index (χ1n) is 6.20. The maximum Gasteiger partial charge on any atom is 0.224 e. The minimum Gasteiger partial charge on any atom is -0.261 e. The van der Waals surface area contributed by atoms with E-state index in [0.29, 0.717) is 16.9 Å². The van der Waals surface area contributed by atoms with Crippen LogP contribution in [0.15, 0.2) is 53.6 Å². The van der Waals surface area contributed by atoms with E-state index in [1.165, 1.54) is 12.3 Å². The quantitative estimate of drug-likeness (QED) is 0.454. The van der Waals surface area contributed by atoms with Crippen LogP contribution in [0.1, 0.15) is 5.56 Å². The van der Waals surface area contributed by atoms with E-state index in [1.807, 2.05) is 24.3 Å². The molecule has 0 aliphatic rings. The van der Waals surface area contributed by atoms with Crippen LogP contribution in [0.4, 0.5) is 10.2 Å². The average molecular weight is 301 g/mol. The number of hydrazone groups is 1. The van der Waals surface area contributed by atoms with Crippen LogP contribution in [0, 0.1) is 5.82 Å². The lowest BCUT2D eigenvalue weighted by Gasteiger charge is -2.04. The number of rotatable bonds is 3. The lowest BCUT2D eigenvalue weighted by molar-refractivity contribution is 0.626. The molecule has 104 valence electrons. The van der Waals surface area contributed by atoms with E-state index in [0.717, 1.165) is 5.39 Å². The highest BCUT2D eigenvalue weighted by atomic mass is 35.5. The second-order valence-corrected chi connectivity index (χ2v) is 4.59. The Morgan fingerprint density at radius 2 is 1.81 bits per heavy atom. The largest absolute Gasteiger partial charge is 0.261 e. The number of halogens is 2. The summed E-state index contributed by atoms with van der Waals surface area (Å²) in [5.74, 6) is 0.131. The second kappa shape index (κ2) is 5.85. The van der Waals surface area contributed by atoms with Crippen LogP contribution in [0.25, 0.3) is 10.9 Å². The molecule has 6 heteroatoms. The van der Waals surface area contributed by atoms with Crippen molar-refractivity contribution in [1.82, 2.24) is 9.97 Å². The van der Waals surface area contributed by atoms with Gasteiger partial charge in [-0.15, -0.1) is 0 Å². The van der Waals surface area contributed by atoms with E-state index in [4.69, 9.17) is 11.6 Å². The molecule has 0 aliphatic heterocycles. The number of para-hydroxylation sites is 1. The van der Waals surface area contributed by atoms with Gasteiger partial charge in [0, 0.05) is 10.9 Å². The Bertz CT molecular complexity index is 820. The van der Waals surface area contributed by atoms with E-state index in [-0.39, 0.29) is 11.1 Å². The van der Waals surface area contributed by atoms with E-state index in [1.54, 1.807) is 18.2 Å². The lowest BCUT2D eigenvalue weighted by atomic mass is 10.2. The van der Waals surface area contributed by atoms with Crippen LogP contribution < -0.4 is 5.43 Å². The molecule has 0 saturated carbocycles. The fraction of sp³-hybridized carbons (Fsp3) is 0. The van der Waals surface area contributed by atoms with E-state index >= 15 is 0 Å². The number of hydrogen-bond donors (Lipinski definition) is 1. The van der Waals surface area contributed by atoms with Gasteiger partial charge in [-0.25, -0.2) is 9.37 Å². The first-order valence-corrected chi connectivity index (χ1v) is 6.58. The Kier molecular flexibility index (Phi) is 3.75. The molecule has 0 radical (unpaired) electrons. The van der Waals surface area contributed by atoms with Gasteiger partial charge in [-0.1, -0.05) is 30.3 Å². The van der Waals surface area contributed by atoms with Crippen molar-refractivity contribution in [2.75, 3.05) is 5.43 Å². The third-order valence-corrected chi connectivity index (χ3v) is 3.02. The van der Waals surface area contributed by atoms with Crippen molar-refractivity contribution in [1.29, 1.82) is 0 Å². The summed E-state index contributed by atoms with van der Waals surface area (Å²) >= 11 is 5.87. The topological polar surface area (TPSA) is 50.2 Å². The zero-order chi connectivity index (χ0) is 14.7. The zero-order valence-corrected chi connectivity index (χ0v) is 11.5. The maximum absolute atomic E-state index is 13.5. The van der Waals surface area contributed by atoms with Crippen LogP contribution in [-0.2, 0) is 0 Å². The normalized spacial score (nSPS) is 11.1. The van der Waals surface area contributed by atoms with Crippen LogP contribution in [-0.4, -0.2) is 16.2 Å². The molecule has 0 aliphatic carbocycles. The van der Waals surface area contributed by atoms with Crippen molar-refractivity contribution in [2.24, 2.45) is 5.10 Å². The van der Waals surface area contributed by atoms with Crippen LogP contribution in [0.5, 0.6) is 0 Å². The third kappa shape index (κ3) is 2.98. The van der Waals surface area contributed by atoms with Gasteiger partial charge in [-0.05, 0) is 29.8 Å². The van der Waals surface area contributed by atoms with E-state index in [2.05, 4.69) is 20.5 Å². The van der Waals surface area contributed by atoms with Gasteiger partial charge in [0.25, 0.3) is 0 Å². The number of anilines is 1. The summed E-state index contributed by atoms with van der Waals surface area (Å²) in [4.78, 5) is 8.21. The van der Waals surface area contributed by atoms with Gasteiger partial charge >= 0.3 is 0 Å². The molecule has 0 unspecified atom stereocenters. The Balaban J connectivity index is 1.90. The predicted molar refractivity (Wildman–Crippen MR) is 82.2 cm³/mol. The Morgan fingerprint density at radius 1 is 1.05 bits per heavy atom. The summed E-state index contributed by atoms with van der Waals surface area (Å²) in [6.45, 7) is 0. The van der Waals surface area contributed by atoms with Crippen molar-refractivity contribution in [3.05, 3.63) is 65.2 Å². The molecule has 4 nitrogen and oxygen atoms in total. The molecule has 3 aromatic rings. The molecular weight excluding hydrogens is 291 g/mol. The Hall–Kier alpha value is -2.53. The molecule has 21 heavy (non-hydrogen) atoms. The Labute approximate surface area is 125 Å². The molecule has 1 N–H and O–H groups in total. The molecule has 0 fully saturated rings. The summed E-state index contributed by atoms with van der Waals surface area (Å²) in [6.07, 6.45) is 1.39. The number of hydrogen-bond acceptors (Lipinski definition) is 4. The smallest absolute Gasteiger partial charge is 0.224 e. The summed E-state index contributed by atoms with van der Waals surface area (Å²) < 4.78 is 13.5. The third-order valence-electron chi connectivity index (χ3n) is 2.86. The maximum atomic E-state index is 13.5. The zero-order valence-electron chi connectivity index (χ0n) is 10.8. The van der Waals surface area contributed by atoms with Crippen molar-refractivity contribution in [3.63, 3.8) is 0 Å². The lowest BCUT2D eigenvalue weighted by Crippen LogP contribution is -1.97. The first-order chi connectivity index (χ1) is 10.2. The van der Waals surface area contributed by atoms with E-state index in [9.17, 15) is 4.39 Å². The molecule has 0 amide bonds. The van der Waals surface area contributed by atoms with Gasteiger partial charge in [0.05, 0.1) is 11.7 Å². The standard InChI is InChI=1S/C15H10ClFN4/c16-15-19-13-8-4-2-6-11(13)14(20-15)21-18-9-10-5-1-3-7-12(10)17/h1-9H,(H,19,20,21)/b18-9+. The fourth-order valence-corrected chi connectivity index (χ4v) is 2.05. The van der Waals surface area contributed by atoms with Gasteiger partial charge in [-0.3, -0.25) is 5.43 Å². The van der Waals surface area contributed by atoms with Gasteiger partial charge in [0.1, 0.15) is 5.82 Å². The van der Waals surface area contributed by atoms with Crippen LogP contribution >= 0.6 is 11.6 Å². The number of fused-ring (bicyclic) bond motifs is 1. The molecule has 3 rings (SSSR count). The van der Waals surface area contributed by atoms with Crippen molar-refractivity contribution in [3.8, 4) is 0 Å². The van der Waals surface area contributed by atoms with Gasteiger partial charge in [-0.2, -0.15) is 10.1 Å². The molecule has 0 bridgehead atoms. The van der Waals surface area contributed by atoms with Crippen molar-refractivity contribution in [2.45, 2.75) is 0 Å². The molecule has 1 heterocycles. The van der Waals surface area contributed by atoms with Crippen molar-refractivity contribution >= 4 is 34.5 Å². The number of nitrogens with one attached hydrogen (secondary N) is 1. The van der Waals surface area contributed by atoms with E-state index < -0.39 is 0 Å². The highest BCUT2D eigenvalue weighted by molar-refractivity contribution is 6.28. The fourth-order valence-electron chi connectivity index (χ4n) is 1.88. The highest BCUT2D eigenvalue weighted by Gasteiger charge is 2.05. The monoisotopic (exact) mass is 300 g/mol. The molecule has 1 aromatic heterocycles. The van der Waals surface area contributed by atoms with Gasteiger partial charge < -0.3 is 0 Å². The molecule has 0 spiro atoms. The highest BCUT2D eigenvalue weighted by Crippen LogP contribution is 2.21. The summed E-state index contributed by atoms with van der Waals surface area (Å²) in [5, 5.41) is 4.91. The summed E-state index contributed by atoms with van der Waals surface area (Å²) in [6, 6.07) is 13.8. The van der Waals surface area contributed by atoms with Crippen molar-refractivity contribution < 1.29 is 4.39 Å². The van der Waals surface area contributed by atoms with Gasteiger partial charge in [0.15, 0.2) is 5.82 Å². The predicted octanol–water partition coefficient (Wildman–Crippen LogP) is 3.87. The number of benzene rings is 2. The van der Waals surface area contributed by atoms with Crippen LogP contribution in [0.2, 0.25) is 5.28 Å². The first kappa shape index (κ1) is 13.5. The molecule has 0 atom stereocenters. The molecular formula is C15H10ClFN4. The van der Waals surface area contributed by atoms with Gasteiger partial charge in [0.2, 0.25) is 5.28 Å². The van der Waals surface area contributed by atoms with Crippen LogP contribution in [0.3, 0.4) is 0 Å². The second-order valence-electron chi connectivity index (χ2n) is 4.25. The summed E-state index contributed by atoms with van der Waals surface area (Å²) in [7, 11) is 0.